The van der Waals surface area contributed by atoms with Gasteiger partial charge in [0.25, 0.3) is 0 Å². The van der Waals surface area contributed by atoms with Crippen LogP contribution >= 0.6 is 0 Å². The van der Waals surface area contributed by atoms with Crippen molar-refractivity contribution >= 4 is 6.03 Å². The van der Waals surface area contributed by atoms with Crippen molar-refractivity contribution in [2.45, 2.75) is 32.7 Å². The molecule has 4 nitrogen and oxygen atoms in total. The molecule has 4 heteroatoms. The van der Waals surface area contributed by atoms with Gasteiger partial charge in [-0.1, -0.05) is 6.92 Å². The van der Waals surface area contributed by atoms with Gasteiger partial charge in [-0.25, -0.2) is 4.79 Å². The molecule has 1 fully saturated rings. The van der Waals surface area contributed by atoms with Crippen molar-refractivity contribution in [3.8, 4) is 0 Å². The molecular weight excluding hydrogens is 202 g/mol. The molecule has 2 amide bonds. The number of hydrogen-bond acceptors (Lipinski definition) is 2. The van der Waals surface area contributed by atoms with Crippen molar-refractivity contribution in [2.75, 3.05) is 33.7 Å². The summed E-state index contributed by atoms with van der Waals surface area (Å²) in [5, 5.41) is 3.00. The van der Waals surface area contributed by atoms with Crippen LogP contribution in [-0.2, 0) is 0 Å². The molecule has 2 unspecified atom stereocenters. The van der Waals surface area contributed by atoms with Crippen LogP contribution in [0.5, 0.6) is 0 Å². The molecule has 94 valence electrons. The maximum Gasteiger partial charge on any atom is 0.317 e. The van der Waals surface area contributed by atoms with Crippen LogP contribution in [-0.4, -0.2) is 55.6 Å². The van der Waals surface area contributed by atoms with Crippen LogP contribution in [0.15, 0.2) is 0 Å². The standard InChI is InChI=1S/C12H25N3O/c1-10-6-5-7-15(9-10)12(16)13-8-11(2)14(3)4/h10-11H,5-9H2,1-4H3,(H,13,16). The Hall–Kier alpha value is -0.770. The summed E-state index contributed by atoms with van der Waals surface area (Å²) >= 11 is 0. The Balaban J connectivity index is 2.29. The fourth-order valence-electron chi connectivity index (χ4n) is 1.90. The number of carbonyl (C=O) groups excluding carboxylic acids is 1. The molecule has 0 bridgehead atoms. The molecule has 1 saturated heterocycles. The van der Waals surface area contributed by atoms with Gasteiger partial charge in [-0.15, -0.1) is 0 Å². The number of nitrogens with zero attached hydrogens (tertiary/aromatic N) is 2. The first-order valence-electron chi connectivity index (χ1n) is 6.20. The van der Waals surface area contributed by atoms with E-state index >= 15 is 0 Å². The molecule has 0 aliphatic carbocycles. The first-order valence-corrected chi connectivity index (χ1v) is 6.20. The lowest BCUT2D eigenvalue weighted by Crippen LogP contribution is -2.48. The van der Waals surface area contributed by atoms with Gasteiger partial charge in [-0.2, -0.15) is 0 Å². The molecule has 1 heterocycles. The molecule has 0 spiro atoms. The van der Waals surface area contributed by atoms with E-state index in [0.29, 0.717) is 12.0 Å². The summed E-state index contributed by atoms with van der Waals surface area (Å²) < 4.78 is 0. The highest BCUT2D eigenvalue weighted by Crippen LogP contribution is 2.15. The first kappa shape index (κ1) is 13.3. The molecule has 16 heavy (non-hydrogen) atoms. The van der Waals surface area contributed by atoms with E-state index < -0.39 is 0 Å². The summed E-state index contributed by atoms with van der Waals surface area (Å²) in [5.41, 5.74) is 0. The monoisotopic (exact) mass is 227 g/mol. The second-order valence-electron chi connectivity index (χ2n) is 5.19. The molecule has 0 radical (unpaired) electrons. The summed E-state index contributed by atoms with van der Waals surface area (Å²) in [6.45, 7) is 6.85. The molecule has 1 aliphatic heterocycles. The first-order chi connectivity index (χ1) is 7.50. The molecule has 1 rings (SSSR count). The van der Waals surface area contributed by atoms with Gasteiger partial charge in [0.15, 0.2) is 0 Å². The lowest BCUT2D eigenvalue weighted by atomic mass is 10.0. The number of piperidine rings is 1. The fourth-order valence-corrected chi connectivity index (χ4v) is 1.90. The minimum Gasteiger partial charge on any atom is -0.336 e. The number of carbonyl (C=O) groups is 1. The maximum atomic E-state index is 11.9. The number of likely N-dealkylation sites (tertiary alicyclic amines) is 1. The van der Waals surface area contributed by atoms with Crippen molar-refractivity contribution in [2.24, 2.45) is 5.92 Å². The highest BCUT2D eigenvalue weighted by atomic mass is 16.2. The van der Waals surface area contributed by atoms with Gasteiger partial charge in [0.2, 0.25) is 0 Å². The van der Waals surface area contributed by atoms with E-state index in [2.05, 4.69) is 24.1 Å². The van der Waals surface area contributed by atoms with Crippen molar-refractivity contribution in [1.29, 1.82) is 0 Å². The summed E-state index contributed by atoms with van der Waals surface area (Å²) in [7, 11) is 4.06. The lowest BCUT2D eigenvalue weighted by molar-refractivity contribution is 0.166. The topological polar surface area (TPSA) is 35.6 Å². The number of urea groups is 1. The predicted molar refractivity (Wildman–Crippen MR) is 66.5 cm³/mol. The molecule has 0 aromatic heterocycles. The molecule has 1 aliphatic rings. The zero-order valence-corrected chi connectivity index (χ0v) is 11.0. The molecular formula is C12H25N3O. The quantitative estimate of drug-likeness (QED) is 0.790. The Morgan fingerprint density at radius 3 is 2.81 bits per heavy atom. The van der Waals surface area contributed by atoms with Crippen LogP contribution in [0.4, 0.5) is 4.79 Å². The zero-order chi connectivity index (χ0) is 12.1. The SMILES string of the molecule is CC1CCCN(C(=O)NCC(C)N(C)C)C1. The van der Waals surface area contributed by atoms with Crippen molar-refractivity contribution < 1.29 is 4.79 Å². The Labute approximate surface area is 99.0 Å². The molecule has 0 saturated carbocycles. The third kappa shape index (κ3) is 4.00. The minimum atomic E-state index is 0.0975. The summed E-state index contributed by atoms with van der Waals surface area (Å²) in [4.78, 5) is 15.9. The number of rotatable bonds is 3. The fraction of sp³-hybridized carbons (Fsp3) is 0.917. The summed E-state index contributed by atoms with van der Waals surface area (Å²) in [6, 6.07) is 0.478. The van der Waals surface area contributed by atoms with Crippen molar-refractivity contribution in [3.05, 3.63) is 0 Å². The average molecular weight is 227 g/mol. The van der Waals surface area contributed by atoms with Crippen LogP contribution in [0.2, 0.25) is 0 Å². The number of nitrogens with one attached hydrogen (secondary N) is 1. The van der Waals surface area contributed by atoms with Crippen LogP contribution in [0.25, 0.3) is 0 Å². The van der Waals surface area contributed by atoms with Gasteiger partial charge < -0.3 is 15.1 Å². The average Bonchev–Trinajstić information content (AvgIpc) is 2.25. The minimum absolute atomic E-state index is 0.0975. The van der Waals surface area contributed by atoms with Gasteiger partial charge in [-0.05, 0) is 39.8 Å². The Bertz CT molecular complexity index is 230. The zero-order valence-electron chi connectivity index (χ0n) is 11.0. The van der Waals surface area contributed by atoms with Gasteiger partial charge in [0, 0.05) is 25.7 Å². The Kier molecular flexibility index (Phi) is 5.06. The highest BCUT2D eigenvalue weighted by molar-refractivity contribution is 5.74. The predicted octanol–water partition coefficient (Wildman–Crippen LogP) is 1.38. The third-order valence-corrected chi connectivity index (χ3v) is 3.37. The van der Waals surface area contributed by atoms with E-state index in [9.17, 15) is 4.79 Å². The largest absolute Gasteiger partial charge is 0.336 e. The second-order valence-corrected chi connectivity index (χ2v) is 5.19. The van der Waals surface area contributed by atoms with E-state index in [-0.39, 0.29) is 6.03 Å². The molecule has 1 N–H and O–H groups in total. The molecule has 0 aromatic carbocycles. The van der Waals surface area contributed by atoms with Gasteiger partial charge in [-0.3, -0.25) is 0 Å². The molecule has 2 atom stereocenters. The lowest BCUT2D eigenvalue weighted by Gasteiger charge is -2.31. The highest BCUT2D eigenvalue weighted by Gasteiger charge is 2.20. The normalized spacial score (nSPS) is 23.3. The Morgan fingerprint density at radius 2 is 2.25 bits per heavy atom. The number of hydrogen-bond donors (Lipinski definition) is 1. The van der Waals surface area contributed by atoms with E-state index in [1.54, 1.807) is 0 Å². The van der Waals surface area contributed by atoms with Gasteiger partial charge >= 0.3 is 6.03 Å². The van der Waals surface area contributed by atoms with Crippen LogP contribution in [0, 0.1) is 5.92 Å². The van der Waals surface area contributed by atoms with E-state index in [1.807, 2.05) is 19.0 Å². The number of likely N-dealkylation sites (N-methyl/N-ethyl adjacent to an activating group) is 1. The van der Waals surface area contributed by atoms with Crippen LogP contribution in [0.3, 0.4) is 0 Å². The van der Waals surface area contributed by atoms with Crippen LogP contribution in [0.1, 0.15) is 26.7 Å². The van der Waals surface area contributed by atoms with E-state index in [4.69, 9.17) is 0 Å². The maximum absolute atomic E-state index is 11.9. The van der Waals surface area contributed by atoms with E-state index in [1.165, 1.54) is 6.42 Å². The Morgan fingerprint density at radius 1 is 1.56 bits per heavy atom. The molecule has 0 aromatic rings. The smallest absolute Gasteiger partial charge is 0.317 e. The summed E-state index contributed by atoms with van der Waals surface area (Å²) in [5.74, 6) is 0.644. The van der Waals surface area contributed by atoms with E-state index in [0.717, 1.165) is 26.1 Å². The number of amides is 2. The second kappa shape index (κ2) is 6.09. The van der Waals surface area contributed by atoms with Crippen molar-refractivity contribution in [1.82, 2.24) is 15.1 Å². The third-order valence-electron chi connectivity index (χ3n) is 3.37. The van der Waals surface area contributed by atoms with Gasteiger partial charge in [0.05, 0.1) is 0 Å². The summed E-state index contributed by atoms with van der Waals surface area (Å²) in [6.07, 6.45) is 2.38. The van der Waals surface area contributed by atoms with Crippen LogP contribution < -0.4 is 5.32 Å². The van der Waals surface area contributed by atoms with Gasteiger partial charge in [0.1, 0.15) is 0 Å². The van der Waals surface area contributed by atoms with Crippen molar-refractivity contribution in [3.63, 3.8) is 0 Å².